The van der Waals surface area contributed by atoms with Gasteiger partial charge in [-0.15, -0.1) is 0 Å². The van der Waals surface area contributed by atoms with Crippen molar-refractivity contribution in [2.45, 2.75) is 52.9 Å². The Hall–Kier alpha value is -0.0400. The monoisotopic (exact) mass is 209 g/mol. The van der Waals surface area contributed by atoms with E-state index in [9.17, 15) is 0 Å². The number of hydrogen-bond acceptors (Lipinski definition) is 1. The summed E-state index contributed by atoms with van der Waals surface area (Å²) < 4.78 is 0. The van der Waals surface area contributed by atoms with Crippen molar-refractivity contribution in [3.05, 3.63) is 0 Å². The summed E-state index contributed by atoms with van der Waals surface area (Å²) >= 11 is 0. The third kappa shape index (κ3) is 2.55. The molecule has 0 bridgehead atoms. The molecule has 2 atom stereocenters. The van der Waals surface area contributed by atoms with Gasteiger partial charge in [0.05, 0.1) is 0 Å². The Kier molecular flexibility index (Phi) is 3.39. The third-order valence-corrected chi connectivity index (χ3v) is 4.75. The Morgan fingerprint density at radius 3 is 2.40 bits per heavy atom. The van der Waals surface area contributed by atoms with Crippen LogP contribution in [0, 0.1) is 23.2 Å². The van der Waals surface area contributed by atoms with E-state index in [1.54, 1.807) is 0 Å². The second kappa shape index (κ2) is 4.45. The minimum Gasteiger partial charge on any atom is -0.316 e. The molecule has 1 saturated carbocycles. The van der Waals surface area contributed by atoms with Crippen molar-refractivity contribution in [3.8, 4) is 0 Å². The molecule has 2 fully saturated rings. The highest BCUT2D eigenvalue weighted by molar-refractivity contribution is 4.95. The van der Waals surface area contributed by atoms with Gasteiger partial charge in [0.15, 0.2) is 0 Å². The zero-order chi connectivity index (χ0) is 10.9. The van der Waals surface area contributed by atoms with Gasteiger partial charge < -0.3 is 5.32 Å². The molecule has 1 aliphatic carbocycles. The van der Waals surface area contributed by atoms with Crippen molar-refractivity contribution in [1.82, 2.24) is 5.32 Å². The first-order valence-electron chi connectivity index (χ1n) is 6.82. The fourth-order valence-electron chi connectivity index (χ4n) is 3.46. The molecule has 88 valence electrons. The molecule has 1 N–H and O–H groups in total. The molecule has 0 aromatic heterocycles. The number of nitrogens with one attached hydrogen (secondary N) is 1. The Labute approximate surface area is 95.0 Å². The van der Waals surface area contributed by atoms with Crippen LogP contribution in [0.2, 0.25) is 0 Å². The van der Waals surface area contributed by atoms with Crippen molar-refractivity contribution in [1.29, 1.82) is 0 Å². The highest BCUT2D eigenvalue weighted by Gasteiger charge is 2.39. The van der Waals surface area contributed by atoms with E-state index < -0.39 is 0 Å². The quantitative estimate of drug-likeness (QED) is 0.734. The third-order valence-electron chi connectivity index (χ3n) is 4.75. The summed E-state index contributed by atoms with van der Waals surface area (Å²) in [5.74, 6) is 2.85. The summed E-state index contributed by atoms with van der Waals surface area (Å²) in [7, 11) is 0. The molecule has 2 unspecified atom stereocenters. The van der Waals surface area contributed by atoms with Crippen molar-refractivity contribution in [2.75, 3.05) is 13.1 Å². The lowest BCUT2D eigenvalue weighted by molar-refractivity contribution is 0.139. The molecule has 15 heavy (non-hydrogen) atoms. The zero-order valence-electron chi connectivity index (χ0n) is 10.7. The van der Waals surface area contributed by atoms with Crippen LogP contribution in [-0.2, 0) is 0 Å². The van der Waals surface area contributed by atoms with Gasteiger partial charge in [0.1, 0.15) is 0 Å². The topological polar surface area (TPSA) is 12.0 Å². The van der Waals surface area contributed by atoms with Crippen LogP contribution < -0.4 is 5.32 Å². The molecule has 1 heteroatoms. The van der Waals surface area contributed by atoms with Gasteiger partial charge in [-0.1, -0.05) is 20.8 Å². The molecule has 2 aliphatic rings. The van der Waals surface area contributed by atoms with Gasteiger partial charge in [-0.25, -0.2) is 0 Å². The van der Waals surface area contributed by atoms with E-state index in [-0.39, 0.29) is 0 Å². The molecule has 0 aromatic rings. The number of hydrogen-bond donors (Lipinski definition) is 1. The first-order chi connectivity index (χ1) is 7.11. The molecule has 0 aromatic carbocycles. The lowest BCUT2D eigenvalue weighted by Crippen LogP contribution is -2.53. The Morgan fingerprint density at radius 1 is 1.20 bits per heavy atom. The van der Waals surface area contributed by atoms with Crippen molar-refractivity contribution < 1.29 is 0 Å². The van der Waals surface area contributed by atoms with Gasteiger partial charge >= 0.3 is 0 Å². The van der Waals surface area contributed by atoms with Crippen LogP contribution in [0.4, 0.5) is 0 Å². The average molecular weight is 209 g/mol. The van der Waals surface area contributed by atoms with Crippen molar-refractivity contribution >= 4 is 0 Å². The van der Waals surface area contributed by atoms with Gasteiger partial charge in [0, 0.05) is 13.1 Å². The fourth-order valence-corrected chi connectivity index (χ4v) is 3.46. The van der Waals surface area contributed by atoms with Crippen molar-refractivity contribution in [2.24, 2.45) is 23.2 Å². The van der Waals surface area contributed by atoms with Crippen LogP contribution in [0.25, 0.3) is 0 Å². The molecule has 1 aliphatic heterocycles. The predicted molar refractivity (Wildman–Crippen MR) is 65.9 cm³/mol. The minimum absolute atomic E-state index is 0.722. The normalized spacial score (nSPS) is 35.2. The van der Waals surface area contributed by atoms with Crippen LogP contribution in [0.5, 0.6) is 0 Å². The molecule has 1 saturated heterocycles. The van der Waals surface area contributed by atoms with Gasteiger partial charge in [-0.05, 0) is 55.3 Å². The molecule has 1 heterocycles. The first-order valence-corrected chi connectivity index (χ1v) is 6.82. The summed E-state index contributed by atoms with van der Waals surface area (Å²) in [6, 6.07) is 0. The van der Waals surface area contributed by atoms with Gasteiger partial charge in [0.25, 0.3) is 0 Å². The molecule has 0 amide bonds. The summed E-state index contributed by atoms with van der Waals surface area (Å²) in [5, 5.41) is 3.47. The van der Waals surface area contributed by atoms with Gasteiger partial charge in [-0.2, -0.15) is 0 Å². The van der Waals surface area contributed by atoms with E-state index >= 15 is 0 Å². The van der Waals surface area contributed by atoms with Crippen LogP contribution >= 0.6 is 0 Å². The minimum atomic E-state index is 0.722. The molecule has 0 radical (unpaired) electrons. The second-order valence-corrected chi connectivity index (χ2v) is 6.55. The summed E-state index contributed by atoms with van der Waals surface area (Å²) in [4.78, 5) is 0. The zero-order valence-corrected chi connectivity index (χ0v) is 10.7. The lowest BCUT2D eigenvalue weighted by Gasteiger charge is -2.42. The average Bonchev–Trinajstić information content (AvgIpc) is 2.26. The second-order valence-electron chi connectivity index (χ2n) is 6.55. The van der Waals surface area contributed by atoms with Crippen LogP contribution in [0.15, 0.2) is 0 Å². The lowest BCUT2D eigenvalue weighted by atomic mass is 9.75. The summed E-state index contributed by atoms with van der Waals surface area (Å²) in [5.41, 5.74) is 0.722. The molecular weight excluding hydrogens is 182 g/mol. The molecule has 1 nitrogen and oxygen atoms in total. The van der Waals surface area contributed by atoms with E-state index in [2.05, 4.69) is 26.1 Å². The Balaban J connectivity index is 1.91. The van der Waals surface area contributed by atoms with Gasteiger partial charge in [0.2, 0.25) is 0 Å². The Morgan fingerprint density at radius 2 is 1.87 bits per heavy atom. The van der Waals surface area contributed by atoms with Crippen LogP contribution in [-0.4, -0.2) is 13.1 Å². The fraction of sp³-hybridized carbons (Fsp3) is 1.00. The van der Waals surface area contributed by atoms with E-state index in [0.29, 0.717) is 0 Å². The van der Waals surface area contributed by atoms with E-state index in [1.165, 1.54) is 45.2 Å². The smallest absolute Gasteiger partial charge is 0.00202 e. The Bertz CT molecular complexity index is 205. The van der Waals surface area contributed by atoms with Gasteiger partial charge in [-0.3, -0.25) is 0 Å². The molecule has 1 spiro atoms. The predicted octanol–water partition coefficient (Wildman–Crippen LogP) is 3.45. The molecule has 2 rings (SSSR count). The largest absolute Gasteiger partial charge is 0.316 e. The maximum atomic E-state index is 3.47. The number of rotatable bonds is 2. The summed E-state index contributed by atoms with van der Waals surface area (Å²) in [6.07, 6.45) is 7.38. The highest BCUT2D eigenvalue weighted by Crippen LogP contribution is 2.43. The summed E-state index contributed by atoms with van der Waals surface area (Å²) in [6.45, 7) is 9.83. The van der Waals surface area contributed by atoms with Crippen molar-refractivity contribution in [3.63, 3.8) is 0 Å². The maximum absolute atomic E-state index is 3.47. The maximum Gasteiger partial charge on any atom is 0.00202 e. The molecular formula is C14H27N. The van der Waals surface area contributed by atoms with E-state index in [1.807, 2.05) is 0 Å². The van der Waals surface area contributed by atoms with E-state index in [0.717, 1.165) is 23.2 Å². The SMILES string of the molecule is CC(C)CC1CCC2(CCC1C)CNC2. The standard InChI is InChI=1S/C14H27N/c1-11(2)8-13-5-7-14(9-15-10-14)6-4-12(13)3/h11-13,15H,4-10H2,1-3H3. The van der Waals surface area contributed by atoms with Crippen LogP contribution in [0.1, 0.15) is 52.9 Å². The highest BCUT2D eigenvalue weighted by atomic mass is 15.0. The van der Waals surface area contributed by atoms with E-state index in [4.69, 9.17) is 0 Å². The van der Waals surface area contributed by atoms with Crippen LogP contribution in [0.3, 0.4) is 0 Å². The first kappa shape index (κ1) is 11.4.